The normalized spacial score (nSPS) is 23.0. The van der Waals surface area contributed by atoms with Crippen LogP contribution >= 0.6 is 0 Å². The summed E-state index contributed by atoms with van der Waals surface area (Å²) in [5, 5.41) is 11.9. The molecule has 1 aromatic rings. The van der Waals surface area contributed by atoms with E-state index >= 15 is 0 Å². The minimum absolute atomic E-state index is 0.00310. The molecule has 0 bridgehead atoms. The van der Waals surface area contributed by atoms with Gasteiger partial charge in [-0.1, -0.05) is 24.3 Å². The van der Waals surface area contributed by atoms with E-state index in [2.05, 4.69) is 5.32 Å². The second-order valence-corrected chi connectivity index (χ2v) is 4.50. The maximum atomic E-state index is 11.9. The van der Waals surface area contributed by atoms with Gasteiger partial charge in [0.15, 0.2) is 0 Å². The number of amides is 1. The zero-order valence-electron chi connectivity index (χ0n) is 10.1. The molecule has 1 fully saturated rings. The third kappa shape index (κ3) is 3.07. The molecule has 0 saturated carbocycles. The molecule has 5 nitrogen and oxygen atoms in total. The van der Waals surface area contributed by atoms with Crippen molar-refractivity contribution in [3.63, 3.8) is 0 Å². The molecule has 2 atom stereocenters. The number of aliphatic hydroxyl groups is 1. The van der Waals surface area contributed by atoms with Crippen LogP contribution in [-0.4, -0.2) is 30.3 Å². The van der Waals surface area contributed by atoms with Crippen LogP contribution in [-0.2, 0) is 22.7 Å². The summed E-state index contributed by atoms with van der Waals surface area (Å²) in [5.41, 5.74) is 7.57. The van der Waals surface area contributed by atoms with Crippen molar-refractivity contribution < 1.29 is 14.6 Å². The minimum atomic E-state index is -0.258. The second kappa shape index (κ2) is 5.95. The average Bonchev–Trinajstić information content (AvgIpc) is 2.82. The molecule has 0 aromatic heterocycles. The Kier molecular flexibility index (Phi) is 4.30. The van der Waals surface area contributed by atoms with E-state index in [1.54, 1.807) is 0 Å². The summed E-state index contributed by atoms with van der Waals surface area (Å²) in [6.45, 7) is 1.28. The van der Waals surface area contributed by atoms with E-state index in [9.17, 15) is 4.79 Å². The zero-order valence-corrected chi connectivity index (χ0v) is 10.1. The lowest BCUT2D eigenvalue weighted by Crippen LogP contribution is -2.40. The molecule has 1 aliphatic heterocycles. The SMILES string of the molecule is NC1COCC1C(=O)NCc1cccc(CO)c1. The standard InChI is InChI=1S/C13H18N2O3/c14-12-8-18-7-11(12)13(17)15-5-9-2-1-3-10(4-9)6-16/h1-4,11-12,16H,5-8,14H2,(H,15,17). The minimum Gasteiger partial charge on any atom is -0.392 e. The highest BCUT2D eigenvalue weighted by molar-refractivity contribution is 5.79. The van der Waals surface area contributed by atoms with E-state index in [0.717, 1.165) is 11.1 Å². The number of nitrogens with one attached hydrogen (secondary N) is 1. The summed E-state index contributed by atoms with van der Waals surface area (Å²) in [6.07, 6.45) is 0. The maximum absolute atomic E-state index is 11.9. The van der Waals surface area contributed by atoms with E-state index in [1.807, 2.05) is 24.3 Å². The van der Waals surface area contributed by atoms with Crippen molar-refractivity contribution >= 4 is 5.91 Å². The molecule has 2 rings (SSSR count). The number of ether oxygens (including phenoxy) is 1. The molecule has 1 saturated heterocycles. The molecule has 18 heavy (non-hydrogen) atoms. The number of rotatable bonds is 4. The van der Waals surface area contributed by atoms with Crippen molar-refractivity contribution in [2.75, 3.05) is 13.2 Å². The van der Waals surface area contributed by atoms with Gasteiger partial charge in [0, 0.05) is 12.6 Å². The molecule has 0 radical (unpaired) electrons. The van der Waals surface area contributed by atoms with Crippen molar-refractivity contribution in [2.45, 2.75) is 19.2 Å². The van der Waals surface area contributed by atoms with Crippen molar-refractivity contribution in [1.82, 2.24) is 5.32 Å². The van der Waals surface area contributed by atoms with Gasteiger partial charge in [0.2, 0.25) is 5.91 Å². The monoisotopic (exact) mass is 250 g/mol. The molecule has 1 aliphatic rings. The van der Waals surface area contributed by atoms with Crippen LogP contribution in [0.2, 0.25) is 0 Å². The van der Waals surface area contributed by atoms with E-state index < -0.39 is 0 Å². The van der Waals surface area contributed by atoms with Crippen LogP contribution in [0.1, 0.15) is 11.1 Å². The van der Waals surface area contributed by atoms with Crippen LogP contribution < -0.4 is 11.1 Å². The lowest BCUT2D eigenvalue weighted by molar-refractivity contribution is -0.125. The number of carbonyl (C=O) groups is 1. The second-order valence-electron chi connectivity index (χ2n) is 4.50. The number of nitrogens with two attached hydrogens (primary N) is 1. The predicted molar refractivity (Wildman–Crippen MR) is 66.5 cm³/mol. The Morgan fingerprint density at radius 3 is 2.89 bits per heavy atom. The highest BCUT2D eigenvalue weighted by Gasteiger charge is 2.30. The average molecular weight is 250 g/mol. The molecule has 1 aromatic carbocycles. The van der Waals surface area contributed by atoms with Crippen molar-refractivity contribution in [3.05, 3.63) is 35.4 Å². The van der Waals surface area contributed by atoms with Gasteiger partial charge in [0.25, 0.3) is 0 Å². The molecular formula is C13H18N2O3. The fourth-order valence-electron chi connectivity index (χ4n) is 2.00. The van der Waals surface area contributed by atoms with Crippen LogP contribution in [0.15, 0.2) is 24.3 Å². The first-order valence-corrected chi connectivity index (χ1v) is 6.00. The highest BCUT2D eigenvalue weighted by Crippen LogP contribution is 2.12. The third-order valence-electron chi connectivity index (χ3n) is 3.10. The van der Waals surface area contributed by atoms with Gasteiger partial charge in [0.1, 0.15) is 0 Å². The fourth-order valence-corrected chi connectivity index (χ4v) is 2.00. The summed E-state index contributed by atoms with van der Waals surface area (Å²) < 4.78 is 5.16. The number of aliphatic hydroxyl groups excluding tert-OH is 1. The van der Waals surface area contributed by atoms with Crippen molar-refractivity contribution in [3.8, 4) is 0 Å². The van der Waals surface area contributed by atoms with Gasteiger partial charge in [-0.15, -0.1) is 0 Å². The van der Waals surface area contributed by atoms with Crippen molar-refractivity contribution in [1.29, 1.82) is 0 Å². The Labute approximate surface area is 106 Å². The molecule has 0 spiro atoms. The largest absolute Gasteiger partial charge is 0.392 e. The summed E-state index contributed by atoms with van der Waals surface area (Å²) in [6, 6.07) is 7.26. The fraction of sp³-hybridized carbons (Fsp3) is 0.462. The van der Waals surface area contributed by atoms with Gasteiger partial charge in [-0.2, -0.15) is 0 Å². The zero-order chi connectivity index (χ0) is 13.0. The molecule has 1 heterocycles. The molecule has 98 valence electrons. The summed E-state index contributed by atoms with van der Waals surface area (Å²) in [5.74, 6) is -0.333. The topological polar surface area (TPSA) is 84.6 Å². The van der Waals surface area contributed by atoms with Crippen LogP contribution in [0, 0.1) is 5.92 Å². The van der Waals surface area contributed by atoms with Gasteiger partial charge < -0.3 is 20.9 Å². The van der Waals surface area contributed by atoms with Crippen LogP contribution in [0.25, 0.3) is 0 Å². The smallest absolute Gasteiger partial charge is 0.227 e. The Hall–Kier alpha value is -1.43. The van der Waals surface area contributed by atoms with E-state index in [0.29, 0.717) is 19.8 Å². The first-order chi connectivity index (χ1) is 8.70. The predicted octanol–water partition coefficient (Wildman–Crippen LogP) is -0.231. The van der Waals surface area contributed by atoms with Crippen LogP contribution in [0.5, 0.6) is 0 Å². The quantitative estimate of drug-likeness (QED) is 0.689. The third-order valence-corrected chi connectivity index (χ3v) is 3.10. The van der Waals surface area contributed by atoms with E-state index in [1.165, 1.54) is 0 Å². The first-order valence-electron chi connectivity index (χ1n) is 6.00. The van der Waals surface area contributed by atoms with Crippen LogP contribution in [0.4, 0.5) is 0 Å². The lowest BCUT2D eigenvalue weighted by Gasteiger charge is -2.13. The number of hydrogen-bond acceptors (Lipinski definition) is 4. The lowest BCUT2D eigenvalue weighted by atomic mass is 10.0. The van der Waals surface area contributed by atoms with Crippen molar-refractivity contribution in [2.24, 2.45) is 11.7 Å². The summed E-state index contributed by atoms with van der Waals surface area (Å²) in [7, 11) is 0. The number of hydrogen-bond donors (Lipinski definition) is 3. The highest BCUT2D eigenvalue weighted by atomic mass is 16.5. The van der Waals surface area contributed by atoms with Gasteiger partial charge in [0.05, 0.1) is 25.7 Å². The molecule has 5 heteroatoms. The Balaban J connectivity index is 1.88. The first kappa shape index (κ1) is 13.0. The van der Waals surface area contributed by atoms with Gasteiger partial charge in [-0.3, -0.25) is 4.79 Å². The summed E-state index contributed by atoms with van der Waals surface area (Å²) in [4.78, 5) is 11.9. The maximum Gasteiger partial charge on any atom is 0.227 e. The van der Waals surface area contributed by atoms with Gasteiger partial charge in [-0.05, 0) is 11.1 Å². The number of benzene rings is 1. The molecule has 1 amide bonds. The molecule has 0 aliphatic carbocycles. The Morgan fingerprint density at radius 1 is 1.44 bits per heavy atom. The Morgan fingerprint density at radius 2 is 2.22 bits per heavy atom. The molecular weight excluding hydrogens is 232 g/mol. The van der Waals surface area contributed by atoms with Gasteiger partial charge >= 0.3 is 0 Å². The molecule has 2 unspecified atom stereocenters. The molecule has 4 N–H and O–H groups in total. The van der Waals surface area contributed by atoms with E-state index in [-0.39, 0.29) is 24.5 Å². The summed E-state index contributed by atoms with van der Waals surface area (Å²) >= 11 is 0. The number of carbonyl (C=O) groups excluding carboxylic acids is 1. The van der Waals surface area contributed by atoms with Crippen LogP contribution in [0.3, 0.4) is 0 Å². The Bertz CT molecular complexity index is 422. The van der Waals surface area contributed by atoms with E-state index in [4.69, 9.17) is 15.6 Å². The van der Waals surface area contributed by atoms with Gasteiger partial charge in [-0.25, -0.2) is 0 Å².